The van der Waals surface area contributed by atoms with Crippen molar-refractivity contribution in [3.8, 4) is 0 Å². The van der Waals surface area contributed by atoms with E-state index in [1.165, 1.54) is 36.0 Å². The third kappa shape index (κ3) is 8.30. The highest BCUT2D eigenvalue weighted by molar-refractivity contribution is 5.69. The lowest BCUT2D eigenvalue weighted by molar-refractivity contribution is 0.816. The molecule has 0 aliphatic rings. The van der Waals surface area contributed by atoms with Crippen LogP contribution in [0.15, 0.2) is 97.1 Å². The summed E-state index contributed by atoms with van der Waals surface area (Å²) >= 11 is 0. The van der Waals surface area contributed by atoms with E-state index in [1.807, 2.05) is 42.5 Å². The van der Waals surface area contributed by atoms with Crippen molar-refractivity contribution in [2.45, 2.75) is 26.2 Å². The van der Waals surface area contributed by atoms with Gasteiger partial charge in [-0.15, -0.1) is 0 Å². The molecule has 3 rings (SSSR count). The van der Waals surface area contributed by atoms with Crippen molar-refractivity contribution in [1.82, 2.24) is 0 Å². The van der Waals surface area contributed by atoms with Gasteiger partial charge in [-0.2, -0.15) is 0 Å². The van der Waals surface area contributed by atoms with Crippen LogP contribution in [0.5, 0.6) is 0 Å². The Morgan fingerprint density at radius 1 is 0.538 bits per heavy atom. The third-order valence-corrected chi connectivity index (χ3v) is 3.90. The first-order valence-corrected chi connectivity index (χ1v) is 9.38. The predicted octanol–water partition coefficient (Wildman–Crippen LogP) is 7.75. The lowest BCUT2D eigenvalue weighted by Gasteiger charge is -1.92. The second kappa shape index (κ2) is 12.5. The van der Waals surface area contributed by atoms with Gasteiger partial charge in [0, 0.05) is 0 Å². The summed E-state index contributed by atoms with van der Waals surface area (Å²) in [6, 6.07) is 31.1. The van der Waals surface area contributed by atoms with Gasteiger partial charge in [-0.05, 0) is 23.1 Å². The minimum Gasteiger partial charge on any atom is -0.0839 e. The summed E-state index contributed by atoms with van der Waals surface area (Å²) < 4.78 is 0. The van der Waals surface area contributed by atoms with Gasteiger partial charge in [0.05, 0.1) is 0 Å². The summed E-state index contributed by atoms with van der Waals surface area (Å²) in [7, 11) is 0. The monoisotopic (exact) mass is 340 g/mol. The summed E-state index contributed by atoms with van der Waals surface area (Å²) in [6.45, 7) is 2.22. The molecular formula is C26H28. The quantitative estimate of drug-likeness (QED) is 0.318. The molecule has 0 unspecified atom stereocenters. The summed E-state index contributed by atoms with van der Waals surface area (Å²) in [6.07, 6.45) is 12.5. The number of unbranched alkanes of at least 4 members (excludes halogenated alkanes) is 2. The van der Waals surface area contributed by atoms with Gasteiger partial charge in [-0.3, -0.25) is 0 Å². The smallest absolute Gasteiger partial charge is 0.0256 e. The predicted molar refractivity (Wildman–Crippen MR) is 117 cm³/mol. The summed E-state index contributed by atoms with van der Waals surface area (Å²) in [4.78, 5) is 0. The van der Waals surface area contributed by atoms with Crippen LogP contribution in [-0.4, -0.2) is 0 Å². The minimum atomic E-state index is 1.20. The molecule has 0 saturated carbocycles. The lowest BCUT2D eigenvalue weighted by atomic mass is 10.1. The number of allylic oxidation sites excluding steroid dienone is 1. The van der Waals surface area contributed by atoms with Crippen molar-refractivity contribution in [2.24, 2.45) is 0 Å². The van der Waals surface area contributed by atoms with E-state index in [-0.39, 0.29) is 0 Å². The van der Waals surface area contributed by atoms with E-state index in [1.54, 1.807) is 0 Å². The molecule has 0 fully saturated rings. The molecule has 26 heavy (non-hydrogen) atoms. The van der Waals surface area contributed by atoms with Crippen molar-refractivity contribution >= 4 is 18.2 Å². The maximum absolute atomic E-state index is 2.25. The van der Waals surface area contributed by atoms with E-state index in [2.05, 4.69) is 79.8 Å². The number of hydrogen-bond donors (Lipinski definition) is 0. The Morgan fingerprint density at radius 2 is 0.923 bits per heavy atom. The van der Waals surface area contributed by atoms with Crippen molar-refractivity contribution in [1.29, 1.82) is 0 Å². The second-order valence-electron chi connectivity index (χ2n) is 6.11. The van der Waals surface area contributed by atoms with Crippen LogP contribution in [0.1, 0.15) is 42.9 Å². The van der Waals surface area contributed by atoms with Crippen LogP contribution in [0.3, 0.4) is 0 Å². The summed E-state index contributed by atoms with van der Waals surface area (Å²) in [5.74, 6) is 0. The highest BCUT2D eigenvalue weighted by atomic mass is 13.9. The van der Waals surface area contributed by atoms with Gasteiger partial charge >= 0.3 is 0 Å². The van der Waals surface area contributed by atoms with Gasteiger partial charge in [0.25, 0.3) is 0 Å². The fourth-order valence-corrected chi connectivity index (χ4v) is 2.43. The fourth-order valence-electron chi connectivity index (χ4n) is 2.43. The Bertz CT molecular complexity index is 711. The first-order chi connectivity index (χ1) is 12.9. The molecule has 0 radical (unpaired) electrons. The molecule has 0 heterocycles. The van der Waals surface area contributed by atoms with Crippen LogP contribution in [0.25, 0.3) is 18.2 Å². The van der Waals surface area contributed by atoms with E-state index in [0.29, 0.717) is 0 Å². The molecule has 0 atom stereocenters. The zero-order valence-corrected chi connectivity index (χ0v) is 15.6. The second-order valence-corrected chi connectivity index (χ2v) is 6.11. The van der Waals surface area contributed by atoms with Gasteiger partial charge in [-0.25, -0.2) is 0 Å². The maximum Gasteiger partial charge on any atom is -0.0256 e. The lowest BCUT2D eigenvalue weighted by Crippen LogP contribution is -1.70. The Hall–Kier alpha value is -2.86. The minimum absolute atomic E-state index is 1.20. The van der Waals surface area contributed by atoms with Gasteiger partial charge < -0.3 is 0 Å². The van der Waals surface area contributed by atoms with Gasteiger partial charge in [0.2, 0.25) is 0 Å². The van der Waals surface area contributed by atoms with E-state index in [9.17, 15) is 0 Å². The highest BCUT2D eigenvalue weighted by Crippen LogP contribution is 2.07. The van der Waals surface area contributed by atoms with Crippen molar-refractivity contribution in [3.05, 3.63) is 114 Å². The average Bonchev–Trinajstić information content (AvgIpc) is 2.73. The van der Waals surface area contributed by atoms with Crippen LogP contribution in [0, 0.1) is 0 Å². The van der Waals surface area contributed by atoms with Crippen molar-refractivity contribution in [2.75, 3.05) is 0 Å². The molecule has 132 valence electrons. The zero-order chi connectivity index (χ0) is 18.3. The topological polar surface area (TPSA) is 0 Å². The van der Waals surface area contributed by atoms with E-state index >= 15 is 0 Å². The molecule has 0 bridgehead atoms. The SMILES string of the molecule is C(=Cc1ccccc1)c1ccccc1.CCCCC=Cc1ccccc1. The maximum atomic E-state index is 2.25. The normalized spacial score (nSPS) is 10.7. The molecule has 3 aromatic carbocycles. The molecule has 0 spiro atoms. The highest BCUT2D eigenvalue weighted by Gasteiger charge is 1.84. The molecule has 0 aliphatic heterocycles. The van der Waals surface area contributed by atoms with E-state index < -0.39 is 0 Å². The molecule has 0 heteroatoms. The van der Waals surface area contributed by atoms with Gasteiger partial charge in [0.1, 0.15) is 0 Å². The largest absolute Gasteiger partial charge is 0.0839 e. The third-order valence-electron chi connectivity index (χ3n) is 3.90. The summed E-state index contributed by atoms with van der Waals surface area (Å²) in [5.41, 5.74) is 3.77. The number of benzene rings is 3. The van der Waals surface area contributed by atoms with E-state index in [0.717, 1.165) is 0 Å². The standard InChI is InChI=1S/C14H12.C12H16/c1-3-7-13(8-4-1)11-12-14-9-5-2-6-10-14;1-2-3-4-6-9-12-10-7-5-8-11-12/h1-12H;5-11H,2-4H2,1H3. The molecule has 0 aromatic heterocycles. The molecule has 0 N–H and O–H groups in total. The van der Waals surface area contributed by atoms with Crippen LogP contribution in [-0.2, 0) is 0 Å². The first-order valence-electron chi connectivity index (χ1n) is 9.38. The Labute approximate surface area is 158 Å². The first kappa shape index (κ1) is 19.5. The zero-order valence-electron chi connectivity index (χ0n) is 15.6. The Morgan fingerprint density at radius 3 is 1.31 bits per heavy atom. The van der Waals surface area contributed by atoms with Gasteiger partial charge in [-0.1, -0.05) is 135 Å². The Kier molecular flexibility index (Phi) is 9.35. The molecule has 0 saturated heterocycles. The van der Waals surface area contributed by atoms with Crippen molar-refractivity contribution < 1.29 is 0 Å². The fraction of sp³-hybridized carbons (Fsp3) is 0.154. The summed E-state index contributed by atoms with van der Waals surface area (Å²) in [5, 5.41) is 0. The average molecular weight is 341 g/mol. The number of rotatable bonds is 6. The molecule has 3 aromatic rings. The van der Waals surface area contributed by atoms with E-state index in [4.69, 9.17) is 0 Å². The number of hydrogen-bond acceptors (Lipinski definition) is 0. The van der Waals surface area contributed by atoms with Crippen LogP contribution in [0.4, 0.5) is 0 Å². The Balaban J connectivity index is 0.000000190. The van der Waals surface area contributed by atoms with Crippen LogP contribution < -0.4 is 0 Å². The van der Waals surface area contributed by atoms with Crippen LogP contribution in [0.2, 0.25) is 0 Å². The van der Waals surface area contributed by atoms with Crippen molar-refractivity contribution in [3.63, 3.8) is 0 Å². The van der Waals surface area contributed by atoms with Crippen LogP contribution >= 0.6 is 0 Å². The molecule has 0 nitrogen and oxygen atoms in total. The molecule has 0 amide bonds. The molecule has 0 aliphatic carbocycles. The molecular weight excluding hydrogens is 312 g/mol. The van der Waals surface area contributed by atoms with Gasteiger partial charge in [0.15, 0.2) is 0 Å².